The summed E-state index contributed by atoms with van der Waals surface area (Å²) in [6, 6.07) is 1.56. The molecule has 4 nitrogen and oxygen atoms in total. The van der Waals surface area contributed by atoms with Crippen molar-refractivity contribution in [3.63, 3.8) is 0 Å². The Kier molecular flexibility index (Phi) is 3.46. The van der Waals surface area contributed by atoms with E-state index in [1.807, 2.05) is 0 Å². The Balaban J connectivity index is 1.64. The first-order chi connectivity index (χ1) is 7.24. The van der Waals surface area contributed by atoms with Gasteiger partial charge in [-0.05, 0) is 38.5 Å². The third-order valence-electron chi connectivity index (χ3n) is 3.63. The lowest BCUT2D eigenvalue weighted by molar-refractivity contribution is 0.181. The molecule has 0 atom stereocenters. The zero-order valence-corrected chi connectivity index (χ0v) is 9.04. The zero-order valence-electron chi connectivity index (χ0n) is 9.04. The maximum absolute atomic E-state index is 10.5. The van der Waals surface area contributed by atoms with E-state index in [0.717, 1.165) is 31.7 Å². The molecule has 2 rings (SSSR count). The van der Waals surface area contributed by atoms with Gasteiger partial charge in [-0.2, -0.15) is 0 Å². The van der Waals surface area contributed by atoms with Gasteiger partial charge >= 0.3 is 6.09 Å². The van der Waals surface area contributed by atoms with Crippen molar-refractivity contribution in [2.75, 3.05) is 0 Å². The molecule has 0 heterocycles. The van der Waals surface area contributed by atoms with Crippen molar-refractivity contribution in [1.82, 2.24) is 10.6 Å². The molecule has 0 aliphatic heterocycles. The maximum Gasteiger partial charge on any atom is 0.404 e. The fraction of sp³-hybridized carbons (Fsp3) is 0.909. The summed E-state index contributed by atoms with van der Waals surface area (Å²) in [5.74, 6) is 0. The first-order valence-corrected chi connectivity index (χ1v) is 5.99. The molecule has 15 heavy (non-hydrogen) atoms. The van der Waals surface area contributed by atoms with E-state index in [-0.39, 0.29) is 6.04 Å². The van der Waals surface area contributed by atoms with E-state index in [0.29, 0.717) is 6.04 Å². The summed E-state index contributed by atoms with van der Waals surface area (Å²) in [5.41, 5.74) is 0. The molecule has 0 unspecified atom stereocenters. The van der Waals surface area contributed by atoms with Gasteiger partial charge in [-0.25, -0.2) is 4.79 Å². The molecule has 0 bridgehead atoms. The number of rotatable bonds is 3. The van der Waals surface area contributed by atoms with E-state index in [2.05, 4.69) is 10.6 Å². The minimum atomic E-state index is -0.884. The first kappa shape index (κ1) is 10.7. The molecular formula is C11H20N2O2. The zero-order chi connectivity index (χ0) is 10.7. The minimum absolute atomic E-state index is 0.182. The molecule has 0 aromatic carbocycles. The molecule has 3 N–H and O–H groups in total. The van der Waals surface area contributed by atoms with Crippen molar-refractivity contribution in [1.29, 1.82) is 0 Å². The van der Waals surface area contributed by atoms with Crippen LogP contribution >= 0.6 is 0 Å². The Bertz CT molecular complexity index is 221. The summed E-state index contributed by atoms with van der Waals surface area (Å²) in [5, 5.41) is 14.8. The van der Waals surface area contributed by atoms with Crippen LogP contribution in [0.2, 0.25) is 0 Å². The van der Waals surface area contributed by atoms with Gasteiger partial charge in [-0.1, -0.05) is 6.42 Å². The van der Waals surface area contributed by atoms with Gasteiger partial charge in [0.15, 0.2) is 0 Å². The molecule has 0 spiro atoms. The average Bonchev–Trinajstić information content (AvgIpc) is 2.13. The number of carboxylic acid groups (broad SMARTS) is 1. The van der Waals surface area contributed by atoms with Gasteiger partial charge in [0.25, 0.3) is 0 Å². The van der Waals surface area contributed by atoms with Crippen LogP contribution in [0.3, 0.4) is 0 Å². The van der Waals surface area contributed by atoms with Crippen LogP contribution in [-0.4, -0.2) is 29.3 Å². The summed E-state index contributed by atoms with van der Waals surface area (Å²) in [7, 11) is 0. The van der Waals surface area contributed by atoms with Crippen LogP contribution < -0.4 is 10.6 Å². The Hall–Kier alpha value is -0.770. The highest BCUT2D eigenvalue weighted by atomic mass is 16.4. The Morgan fingerprint density at radius 1 is 0.933 bits per heavy atom. The van der Waals surface area contributed by atoms with Crippen LogP contribution in [0.4, 0.5) is 4.79 Å². The van der Waals surface area contributed by atoms with E-state index >= 15 is 0 Å². The smallest absolute Gasteiger partial charge is 0.404 e. The number of hydrogen-bond acceptors (Lipinski definition) is 2. The Morgan fingerprint density at radius 3 is 1.93 bits per heavy atom. The van der Waals surface area contributed by atoms with Gasteiger partial charge in [-0.15, -0.1) is 0 Å². The van der Waals surface area contributed by atoms with Crippen molar-refractivity contribution < 1.29 is 9.90 Å². The number of nitrogens with one attached hydrogen (secondary N) is 2. The standard InChI is InChI=1S/C11H20N2O2/c14-11(15)13-10-6-4-9(5-7-10)12-8-2-1-3-8/h8-10,12-13H,1-7H2,(H,14,15)/t9-,10+. The quantitative estimate of drug-likeness (QED) is 0.667. The molecule has 0 radical (unpaired) electrons. The van der Waals surface area contributed by atoms with Crippen molar-refractivity contribution in [3.05, 3.63) is 0 Å². The number of carbonyl (C=O) groups is 1. The van der Waals surface area contributed by atoms with E-state index in [1.54, 1.807) is 0 Å². The fourth-order valence-corrected chi connectivity index (χ4v) is 2.49. The van der Waals surface area contributed by atoms with Crippen molar-refractivity contribution in [2.24, 2.45) is 0 Å². The molecule has 0 aromatic rings. The van der Waals surface area contributed by atoms with E-state index in [4.69, 9.17) is 5.11 Å². The summed E-state index contributed by atoms with van der Waals surface area (Å²) in [6.45, 7) is 0. The average molecular weight is 212 g/mol. The Morgan fingerprint density at radius 2 is 1.47 bits per heavy atom. The first-order valence-electron chi connectivity index (χ1n) is 5.99. The summed E-state index contributed by atoms with van der Waals surface area (Å²) in [6.07, 6.45) is 7.33. The molecule has 2 fully saturated rings. The second kappa shape index (κ2) is 4.84. The second-order valence-electron chi connectivity index (χ2n) is 4.79. The van der Waals surface area contributed by atoms with E-state index < -0.39 is 6.09 Å². The lowest BCUT2D eigenvalue weighted by Gasteiger charge is -2.35. The summed E-state index contributed by atoms with van der Waals surface area (Å²) >= 11 is 0. The predicted molar refractivity (Wildman–Crippen MR) is 58.0 cm³/mol. The van der Waals surface area contributed by atoms with Crippen LogP contribution in [0, 0.1) is 0 Å². The van der Waals surface area contributed by atoms with Gasteiger partial charge in [0.1, 0.15) is 0 Å². The second-order valence-corrected chi connectivity index (χ2v) is 4.79. The minimum Gasteiger partial charge on any atom is -0.465 e. The molecule has 2 aliphatic rings. The third-order valence-corrected chi connectivity index (χ3v) is 3.63. The largest absolute Gasteiger partial charge is 0.465 e. The molecular weight excluding hydrogens is 192 g/mol. The normalized spacial score (nSPS) is 32.0. The van der Waals surface area contributed by atoms with Crippen molar-refractivity contribution in [2.45, 2.75) is 63.1 Å². The van der Waals surface area contributed by atoms with Gasteiger partial charge in [0.2, 0.25) is 0 Å². The highest BCUT2D eigenvalue weighted by Gasteiger charge is 2.25. The van der Waals surface area contributed by atoms with Gasteiger partial charge in [0.05, 0.1) is 0 Å². The molecule has 2 aliphatic carbocycles. The van der Waals surface area contributed by atoms with Crippen molar-refractivity contribution >= 4 is 6.09 Å². The highest BCUT2D eigenvalue weighted by molar-refractivity contribution is 5.64. The van der Waals surface area contributed by atoms with Gasteiger partial charge in [-0.3, -0.25) is 0 Å². The number of amides is 1. The molecule has 86 valence electrons. The topological polar surface area (TPSA) is 61.4 Å². The molecule has 2 saturated carbocycles. The third kappa shape index (κ3) is 3.09. The van der Waals surface area contributed by atoms with E-state index in [1.165, 1.54) is 19.3 Å². The van der Waals surface area contributed by atoms with Crippen LogP contribution in [-0.2, 0) is 0 Å². The summed E-state index contributed by atoms with van der Waals surface area (Å²) in [4.78, 5) is 10.5. The molecule has 4 heteroatoms. The molecule has 0 saturated heterocycles. The molecule has 1 amide bonds. The molecule has 0 aromatic heterocycles. The van der Waals surface area contributed by atoms with Gasteiger partial charge < -0.3 is 15.7 Å². The fourth-order valence-electron chi connectivity index (χ4n) is 2.49. The van der Waals surface area contributed by atoms with Crippen LogP contribution in [0.15, 0.2) is 0 Å². The lowest BCUT2D eigenvalue weighted by atomic mass is 9.87. The van der Waals surface area contributed by atoms with Crippen LogP contribution in [0.1, 0.15) is 44.9 Å². The van der Waals surface area contributed by atoms with Crippen molar-refractivity contribution in [3.8, 4) is 0 Å². The van der Waals surface area contributed by atoms with Crippen LogP contribution in [0.25, 0.3) is 0 Å². The summed E-state index contributed by atoms with van der Waals surface area (Å²) < 4.78 is 0. The van der Waals surface area contributed by atoms with Crippen LogP contribution in [0.5, 0.6) is 0 Å². The van der Waals surface area contributed by atoms with E-state index in [9.17, 15) is 4.79 Å². The Labute approximate surface area is 90.4 Å². The predicted octanol–water partition coefficient (Wildman–Crippen LogP) is 1.71. The number of hydrogen-bond donors (Lipinski definition) is 3. The SMILES string of the molecule is O=C(O)N[C@H]1CC[C@@H](NC2CCC2)CC1. The maximum atomic E-state index is 10.5. The van der Waals surface area contributed by atoms with Gasteiger partial charge in [0, 0.05) is 18.1 Å². The highest BCUT2D eigenvalue weighted by Crippen LogP contribution is 2.24. The lowest BCUT2D eigenvalue weighted by Crippen LogP contribution is -2.46. The monoisotopic (exact) mass is 212 g/mol.